The van der Waals surface area contributed by atoms with Crippen LogP contribution in [0.3, 0.4) is 0 Å². The van der Waals surface area contributed by atoms with Crippen LogP contribution in [0, 0.1) is 5.82 Å². The summed E-state index contributed by atoms with van der Waals surface area (Å²) in [7, 11) is 2.07. The van der Waals surface area contributed by atoms with E-state index in [-0.39, 0.29) is 23.7 Å². The van der Waals surface area contributed by atoms with Gasteiger partial charge in [0.15, 0.2) is 5.82 Å². The predicted octanol–water partition coefficient (Wildman–Crippen LogP) is 4.70. The number of anilines is 1. The molecule has 1 atom stereocenters. The van der Waals surface area contributed by atoms with Crippen molar-refractivity contribution in [2.45, 2.75) is 45.3 Å². The smallest absolute Gasteiger partial charge is 0.410 e. The summed E-state index contributed by atoms with van der Waals surface area (Å²) in [6.07, 6.45) is 3.43. The number of amides is 1. The molecule has 0 spiro atoms. The SMILES string of the molecule is C=Cc1cc2c(N3CCN(C(=O)OC(C)(C)C)CC3)nc(OC[C@@H]3CCCN3C)nc2c(F)c1Br. The highest BCUT2D eigenvalue weighted by molar-refractivity contribution is 9.10. The molecular formula is C25H33BrFN5O3. The van der Waals surface area contributed by atoms with Gasteiger partial charge in [0.1, 0.15) is 23.5 Å². The Kier molecular flexibility index (Phi) is 7.51. The van der Waals surface area contributed by atoms with Gasteiger partial charge in [0.25, 0.3) is 0 Å². The van der Waals surface area contributed by atoms with Crippen molar-refractivity contribution in [1.29, 1.82) is 0 Å². The first-order valence-corrected chi connectivity index (χ1v) is 12.7. The molecule has 0 aliphatic carbocycles. The van der Waals surface area contributed by atoms with E-state index >= 15 is 4.39 Å². The molecule has 2 saturated heterocycles. The number of likely N-dealkylation sites (tertiary alicyclic amines) is 1. The van der Waals surface area contributed by atoms with Crippen LogP contribution in [0.1, 0.15) is 39.2 Å². The number of benzene rings is 1. The summed E-state index contributed by atoms with van der Waals surface area (Å²) in [5, 5.41) is 0.580. The summed E-state index contributed by atoms with van der Waals surface area (Å²) in [5.41, 5.74) is 0.258. The second-order valence-electron chi connectivity index (χ2n) is 10.1. The molecule has 35 heavy (non-hydrogen) atoms. The zero-order valence-corrected chi connectivity index (χ0v) is 22.4. The van der Waals surface area contributed by atoms with Crippen molar-refractivity contribution in [2.75, 3.05) is 51.3 Å². The summed E-state index contributed by atoms with van der Waals surface area (Å²) in [5.74, 6) is 0.111. The minimum Gasteiger partial charge on any atom is -0.462 e. The van der Waals surface area contributed by atoms with E-state index < -0.39 is 11.4 Å². The topological polar surface area (TPSA) is 71.0 Å². The standard InChI is InChI=1S/C25H33BrFN5O3/c1-6-16-14-18-21(20(27)19(16)26)28-23(34-15-17-8-7-9-30(17)5)29-22(18)31-10-12-32(13-11-31)24(33)35-25(2,3)4/h6,14,17H,1,7-13,15H2,2-5H3/t17-/m0/s1. The highest BCUT2D eigenvalue weighted by Gasteiger charge is 2.29. The quantitative estimate of drug-likeness (QED) is 0.535. The molecule has 4 rings (SSSR count). The van der Waals surface area contributed by atoms with Crippen molar-refractivity contribution in [3.05, 3.63) is 28.5 Å². The van der Waals surface area contributed by atoms with Crippen LogP contribution in [0.2, 0.25) is 0 Å². The van der Waals surface area contributed by atoms with Gasteiger partial charge in [-0.15, -0.1) is 0 Å². The molecule has 2 aliphatic rings. The molecule has 2 aromatic rings. The molecule has 0 unspecified atom stereocenters. The number of piperazine rings is 1. The van der Waals surface area contributed by atoms with Crippen LogP contribution in [0.5, 0.6) is 6.01 Å². The third-order valence-electron chi connectivity index (χ3n) is 6.39. The molecule has 0 bridgehead atoms. The van der Waals surface area contributed by atoms with Crippen molar-refractivity contribution < 1.29 is 18.7 Å². The number of hydrogen-bond donors (Lipinski definition) is 0. The molecule has 190 valence electrons. The Morgan fingerprint density at radius 2 is 1.97 bits per heavy atom. The highest BCUT2D eigenvalue weighted by atomic mass is 79.9. The van der Waals surface area contributed by atoms with E-state index in [9.17, 15) is 4.79 Å². The maximum Gasteiger partial charge on any atom is 0.410 e. The maximum atomic E-state index is 15.4. The molecule has 0 saturated carbocycles. The van der Waals surface area contributed by atoms with E-state index in [4.69, 9.17) is 14.5 Å². The lowest BCUT2D eigenvalue weighted by Gasteiger charge is -2.36. The molecule has 2 fully saturated rings. The van der Waals surface area contributed by atoms with Gasteiger partial charge in [0.2, 0.25) is 0 Å². The molecular weight excluding hydrogens is 517 g/mol. The summed E-state index contributed by atoms with van der Waals surface area (Å²) in [6, 6.07) is 2.27. The minimum absolute atomic E-state index is 0.152. The van der Waals surface area contributed by atoms with E-state index in [1.54, 1.807) is 11.0 Å². The van der Waals surface area contributed by atoms with Crippen LogP contribution in [-0.4, -0.2) is 83.9 Å². The van der Waals surface area contributed by atoms with Crippen LogP contribution in [0.25, 0.3) is 17.0 Å². The molecule has 1 aromatic heterocycles. The Balaban J connectivity index is 1.63. The Labute approximate surface area is 214 Å². The van der Waals surface area contributed by atoms with E-state index in [2.05, 4.69) is 39.4 Å². The average molecular weight is 550 g/mol. The van der Waals surface area contributed by atoms with E-state index in [1.165, 1.54) is 0 Å². The minimum atomic E-state index is -0.553. The van der Waals surface area contributed by atoms with Gasteiger partial charge >= 0.3 is 12.1 Å². The van der Waals surface area contributed by atoms with Gasteiger partial charge in [-0.05, 0) is 74.8 Å². The number of rotatable bonds is 5. The maximum absolute atomic E-state index is 15.4. The lowest BCUT2D eigenvalue weighted by molar-refractivity contribution is 0.0240. The van der Waals surface area contributed by atoms with Gasteiger partial charge in [0, 0.05) is 37.6 Å². The largest absolute Gasteiger partial charge is 0.462 e. The monoisotopic (exact) mass is 549 g/mol. The molecule has 1 aromatic carbocycles. The van der Waals surface area contributed by atoms with Crippen LogP contribution in [-0.2, 0) is 4.74 Å². The normalized spacial score (nSPS) is 19.3. The van der Waals surface area contributed by atoms with Gasteiger partial charge in [-0.2, -0.15) is 9.97 Å². The Bertz CT molecular complexity index is 1110. The van der Waals surface area contributed by atoms with Gasteiger partial charge in [-0.3, -0.25) is 0 Å². The first kappa shape index (κ1) is 25.6. The number of nitrogens with zero attached hydrogens (tertiary/aromatic N) is 5. The number of halogens is 2. The fourth-order valence-electron chi connectivity index (χ4n) is 4.43. The second-order valence-corrected chi connectivity index (χ2v) is 10.9. The van der Waals surface area contributed by atoms with Crippen molar-refractivity contribution in [3.8, 4) is 6.01 Å². The summed E-state index contributed by atoms with van der Waals surface area (Å²) in [6.45, 7) is 12.8. The fourth-order valence-corrected chi connectivity index (χ4v) is 4.89. The zero-order valence-electron chi connectivity index (χ0n) is 20.8. The third-order valence-corrected chi connectivity index (χ3v) is 7.19. The zero-order chi connectivity index (χ0) is 25.3. The number of carbonyl (C=O) groups is 1. The number of carbonyl (C=O) groups excluding carboxylic acids is 1. The molecule has 2 aliphatic heterocycles. The van der Waals surface area contributed by atoms with Gasteiger partial charge in [-0.1, -0.05) is 12.7 Å². The number of fused-ring (bicyclic) bond motifs is 1. The number of hydrogen-bond acceptors (Lipinski definition) is 7. The van der Waals surface area contributed by atoms with Crippen LogP contribution < -0.4 is 9.64 Å². The summed E-state index contributed by atoms with van der Waals surface area (Å²) < 4.78 is 27.2. The second kappa shape index (κ2) is 10.3. The number of likely N-dealkylation sites (N-methyl/N-ethyl adjacent to an activating group) is 1. The van der Waals surface area contributed by atoms with E-state index in [1.807, 2.05) is 31.7 Å². The van der Waals surface area contributed by atoms with E-state index in [0.717, 1.165) is 19.4 Å². The fraction of sp³-hybridized carbons (Fsp3) is 0.560. The van der Waals surface area contributed by atoms with Crippen molar-refractivity contribution >= 4 is 44.8 Å². The molecule has 0 radical (unpaired) electrons. The van der Waals surface area contributed by atoms with Gasteiger partial charge in [0.05, 0.1) is 4.47 Å². The lowest BCUT2D eigenvalue weighted by atomic mass is 10.1. The Morgan fingerprint density at radius 3 is 2.57 bits per heavy atom. The van der Waals surface area contributed by atoms with Crippen LogP contribution >= 0.6 is 15.9 Å². The molecule has 0 N–H and O–H groups in total. The van der Waals surface area contributed by atoms with Crippen molar-refractivity contribution in [2.24, 2.45) is 0 Å². The number of aromatic nitrogens is 2. The first-order chi connectivity index (χ1) is 16.6. The molecule has 3 heterocycles. The summed E-state index contributed by atoms with van der Waals surface area (Å²) >= 11 is 3.33. The Hall–Kier alpha value is -2.46. The van der Waals surface area contributed by atoms with Crippen LogP contribution in [0.4, 0.5) is 15.0 Å². The molecule has 10 heteroatoms. The highest BCUT2D eigenvalue weighted by Crippen LogP contribution is 2.35. The molecule has 8 nitrogen and oxygen atoms in total. The number of ether oxygens (including phenoxy) is 2. The first-order valence-electron chi connectivity index (χ1n) is 12.0. The van der Waals surface area contributed by atoms with Gasteiger partial charge < -0.3 is 24.2 Å². The van der Waals surface area contributed by atoms with E-state index in [0.29, 0.717) is 54.0 Å². The van der Waals surface area contributed by atoms with Gasteiger partial charge in [-0.25, -0.2) is 9.18 Å². The lowest BCUT2D eigenvalue weighted by Crippen LogP contribution is -2.50. The third kappa shape index (κ3) is 5.69. The average Bonchev–Trinajstić information content (AvgIpc) is 3.23. The molecule has 1 amide bonds. The predicted molar refractivity (Wildman–Crippen MR) is 138 cm³/mol. The van der Waals surface area contributed by atoms with Crippen molar-refractivity contribution in [3.63, 3.8) is 0 Å². The summed E-state index contributed by atoms with van der Waals surface area (Å²) in [4.78, 5) is 27.6. The van der Waals surface area contributed by atoms with Crippen molar-refractivity contribution in [1.82, 2.24) is 19.8 Å². The Morgan fingerprint density at radius 1 is 1.26 bits per heavy atom. The van der Waals surface area contributed by atoms with Crippen LogP contribution in [0.15, 0.2) is 17.1 Å².